The number of hydrogen-bond acceptors (Lipinski definition) is 3. The lowest BCUT2D eigenvalue weighted by atomic mass is 10.4. The van der Waals surface area contributed by atoms with Gasteiger partial charge in [0.15, 0.2) is 0 Å². The van der Waals surface area contributed by atoms with Crippen molar-refractivity contribution in [3.8, 4) is 6.07 Å². The van der Waals surface area contributed by atoms with Gasteiger partial charge in [0.25, 0.3) is 0 Å². The lowest BCUT2D eigenvalue weighted by molar-refractivity contribution is 0.949. The van der Waals surface area contributed by atoms with Crippen molar-refractivity contribution in [2.75, 3.05) is 6.54 Å². The van der Waals surface area contributed by atoms with Crippen molar-refractivity contribution in [3.63, 3.8) is 0 Å². The van der Waals surface area contributed by atoms with E-state index in [2.05, 4.69) is 26.2 Å². The Labute approximate surface area is 61.2 Å². The molecule has 0 saturated heterocycles. The number of nitriles is 1. The Morgan fingerprint density at radius 2 is 2.67 bits per heavy atom. The Balaban J connectivity index is 2.73. The first-order valence-electron chi connectivity index (χ1n) is 2.39. The molecule has 0 spiro atoms. The van der Waals surface area contributed by atoms with Crippen LogP contribution in [0.5, 0.6) is 0 Å². The fourth-order valence-electron chi connectivity index (χ4n) is 0.462. The number of hydrogen-bond donors (Lipinski definition) is 1. The standard InChI is InChI=1S/C5H4BrN3/c6-5-3-8-4(1-7)2-9-5/h2,8H,3H2. The molecule has 1 aliphatic rings. The van der Waals surface area contributed by atoms with Crippen LogP contribution in [0.25, 0.3) is 0 Å². The Morgan fingerprint density at radius 1 is 1.89 bits per heavy atom. The van der Waals surface area contributed by atoms with Gasteiger partial charge in [0.1, 0.15) is 16.4 Å². The van der Waals surface area contributed by atoms with Crippen molar-refractivity contribution >= 4 is 20.6 Å². The van der Waals surface area contributed by atoms with E-state index in [9.17, 15) is 0 Å². The smallest absolute Gasteiger partial charge is 0.132 e. The molecule has 0 unspecified atom stereocenters. The number of rotatable bonds is 0. The molecule has 0 aromatic rings. The molecular weight excluding hydrogens is 182 g/mol. The number of nitrogens with zero attached hydrogens (tertiary/aromatic N) is 2. The molecule has 0 fully saturated rings. The molecule has 4 heteroatoms. The molecule has 0 bridgehead atoms. The summed E-state index contributed by atoms with van der Waals surface area (Å²) in [5.74, 6) is 0. The monoisotopic (exact) mass is 185 g/mol. The largest absolute Gasteiger partial charge is 0.369 e. The third kappa shape index (κ3) is 1.54. The van der Waals surface area contributed by atoms with Crippen LogP contribution in [0.1, 0.15) is 0 Å². The van der Waals surface area contributed by atoms with Crippen LogP contribution < -0.4 is 5.32 Å². The van der Waals surface area contributed by atoms with E-state index in [1.807, 2.05) is 6.07 Å². The minimum absolute atomic E-state index is 0.512. The van der Waals surface area contributed by atoms with E-state index in [0.717, 1.165) is 4.62 Å². The molecule has 1 heterocycles. The van der Waals surface area contributed by atoms with E-state index in [1.54, 1.807) is 0 Å². The average Bonchev–Trinajstić information content (AvgIpc) is 1.90. The third-order valence-electron chi connectivity index (χ3n) is 0.879. The minimum Gasteiger partial charge on any atom is -0.369 e. The fraction of sp³-hybridized carbons (Fsp3) is 0.200. The zero-order chi connectivity index (χ0) is 6.69. The summed E-state index contributed by atoms with van der Waals surface area (Å²) in [5.41, 5.74) is 0.512. The summed E-state index contributed by atoms with van der Waals surface area (Å²) in [4.78, 5) is 3.87. The molecule has 1 rings (SSSR count). The number of nitrogens with one attached hydrogen (secondary N) is 1. The van der Waals surface area contributed by atoms with Gasteiger partial charge >= 0.3 is 0 Å². The van der Waals surface area contributed by atoms with Gasteiger partial charge in [-0.1, -0.05) is 0 Å². The van der Waals surface area contributed by atoms with Gasteiger partial charge in [-0.3, -0.25) is 0 Å². The lowest BCUT2D eigenvalue weighted by Crippen LogP contribution is -2.21. The summed E-state index contributed by atoms with van der Waals surface area (Å²) in [5, 5.41) is 11.2. The van der Waals surface area contributed by atoms with E-state index in [4.69, 9.17) is 5.26 Å². The first kappa shape index (κ1) is 6.30. The SMILES string of the molecule is N#CC1=CN=C(Br)CN1. The molecule has 0 amide bonds. The van der Waals surface area contributed by atoms with Crippen LogP contribution in [-0.4, -0.2) is 11.2 Å². The second-order valence-electron chi connectivity index (χ2n) is 1.51. The second-order valence-corrected chi connectivity index (χ2v) is 2.43. The molecule has 9 heavy (non-hydrogen) atoms. The predicted molar refractivity (Wildman–Crippen MR) is 38.1 cm³/mol. The Hall–Kier alpha value is -0.820. The molecule has 1 N–H and O–H groups in total. The maximum absolute atomic E-state index is 8.31. The molecule has 46 valence electrons. The second kappa shape index (κ2) is 2.65. The third-order valence-corrected chi connectivity index (χ3v) is 1.36. The van der Waals surface area contributed by atoms with Gasteiger partial charge in [-0.2, -0.15) is 5.26 Å². The van der Waals surface area contributed by atoms with E-state index < -0.39 is 0 Å². The van der Waals surface area contributed by atoms with Gasteiger partial charge in [0.2, 0.25) is 0 Å². The van der Waals surface area contributed by atoms with Gasteiger partial charge in [-0.15, -0.1) is 0 Å². The van der Waals surface area contributed by atoms with Gasteiger partial charge < -0.3 is 5.32 Å². The summed E-state index contributed by atoms with van der Waals surface area (Å²) < 4.78 is 0.821. The Kier molecular flexibility index (Phi) is 1.85. The average molecular weight is 186 g/mol. The van der Waals surface area contributed by atoms with Crippen LogP contribution in [0.15, 0.2) is 16.9 Å². The summed E-state index contributed by atoms with van der Waals surface area (Å²) in [7, 11) is 0. The summed E-state index contributed by atoms with van der Waals surface area (Å²) >= 11 is 3.18. The normalized spacial score (nSPS) is 16.9. The van der Waals surface area contributed by atoms with Gasteiger partial charge in [-0.25, -0.2) is 4.99 Å². The Morgan fingerprint density at radius 3 is 3.11 bits per heavy atom. The summed E-state index contributed by atoms with van der Waals surface area (Å²) in [6, 6.07) is 1.95. The molecule has 0 atom stereocenters. The first-order valence-corrected chi connectivity index (χ1v) is 3.18. The lowest BCUT2D eigenvalue weighted by Gasteiger charge is -2.05. The highest BCUT2D eigenvalue weighted by Gasteiger charge is 2.00. The van der Waals surface area contributed by atoms with E-state index in [1.165, 1.54) is 6.20 Å². The molecule has 1 aliphatic heterocycles. The molecular formula is C5H4BrN3. The predicted octanol–water partition coefficient (Wildman–Crippen LogP) is 0.748. The maximum atomic E-state index is 8.31. The van der Waals surface area contributed by atoms with E-state index >= 15 is 0 Å². The van der Waals surface area contributed by atoms with Crippen molar-refractivity contribution in [1.82, 2.24) is 5.32 Å². The van der Waals surface area contributed by atoms with Crippen LogP contribution in [0.3, 0.4) is 0 Å². The molecule has 0 aromatic heterocycles. The van der Waals surface area contributed by atoms with Crippen molar-refractivity contribution < 1.29 is 0 Å². The molecule has 0 radical (unpaired) electrons. The highest BCUT2D eigenvalue weighted by atomic mass is 79.9. The van der Waals surface area contributed by atoms with E-state index in [0.29, 0.717) is 12.2 Å². The van der Waals surface area contributed by atoms with Gasteiger partial charge in [0.05, 0.1) is 12.7 Å². The van der Waals surface area contributed by atoms with Crippen LogP contribution in [0.4, 0.5) is 0 Å². The topological polar surface area (TPSA) is 48.2 Å². The first-order chi connectivity index (χ1) is 4.33. The Bertz CT molecular complexity index is 211. The van der Waals surface area contributed by atoms with Crippen LogP contribution in [0.2, 0.25) is 0 Å². The van der Waals surface area contributed by atoms with Gasteiger partial charge in [0, 0.05) is 0 Å². The van der Waals surface area contributed by atoms with Crippen molar-refractivity contribution in [2.45, 2.75) is 0 Å². The van der Waals surface area contributed by atoms with Crippen LogP contribution in [-0.2, 0) is 0 Å². The van der Waals surface area contributed by atoms with Crippen molar-refractivity contribution in [1.29, 1.82) is 5.26 Å². The summed E-state index contributed by atoms with van der Waals surface area (Å²) in [6.07, 6.45) is 1.49. The maximum Gasteiger partial charge on any atom is 0.132 e. The molecule has 0 saturated carbocycles. The highest BCUT2D eigenvalue weighted by molar-refractivity contribution is 9.18. The van der Waals surface area contributed by atoms with E-state index in [-0.39, 0.29) is 0 Å². The highest BCUT2D eigenvalue weighted by Crippen LogP contribution is 1.98. The molecule has 0 aliphatic carbocycles. The van der Waals surface area contributed by atoms with Crippen LogP contribution in [0, 0.1) is 11.3 Å². The molecule has 0 aromatic carbocycles. The quantitative estimate of drug-likeness (QED) is 0.606. The number of allylic oxidation sites excluding steroid dienone is 1. The zero-order valence-corrected chi connectivity index (χ0v) is 6.14. The zero-order valence-electron chi connectivity index (χ0n) is 4.56. The van der Waals surface area contributed by atoms with Crippen molar-refractivity contribution in [2.24, 2.45) is 4.99 Å². The minimum atomic E-state index is 0.512. The fourth-order valence-corrected chi connectivity index (χ4v) is 0.705. The molecule has 3 nitrogen and oxygen atoms in total. The summed E-state index contributed by atoms with van der Waals surface area (Å²) in [6.45, 7) is 0.611. The van der Waals surface area contributed by atoms with Crippen LogP contribution >= 0.6 is 15.9 Å². The van der Waals surface area contributed by atoms with Crippen molar-refractivity contribution in [3.05, 3.63) is 11.9 Å². The number of aliphatic imine (C=N–C) groups is 1. The van der Waals surface area contributed by atoms with Gasteiger partial charge in [-0.05, 0) is 15.9 Å². The number of halogens is 1.